The van der Waals surface area contributed by atoms with Gasteiger partial charge >= 0.3 is 0 Å². The van der Waals surface area contributed by atoms with E-state index in [1.165, 1.54) is 11.1 Å². The van der Waals surface area contributed by atoms with Gasteiger partial charge in [0, 0.05) is 19.5 Å². The van der Waals surface area contributed by atoms with Crippen molar-refractivity contribution in [3.63, 3.8) is 0 Å². The molecule has 0 aliphatic heterocycles. The lowest BCUT2D eigenvalue weighted by Gasteiger charge is -2.25. The number of fused-ring (bicyclic) bond motifs is 1. The minimum absolute atomic E-state index is 0.185. The van der Waals surface area contributed by atoms with Crippen LogP contribution in [0.4, 0.5) is 0 Å². The number of benzene rings is 1. The molecule has 0 heterocycles. The summed E-state index contributed by atoms with van der Waals surface area (Å²) in [5.41, 5.74) is 8.43. The van der Waals surface area contributed by atoms with Crippen molar-refractivity contribution in [2.45, 2.75) is 51.1 Å². The SMILES string of the molecule is CC(N)CCCC(=O)N(C)C1CCc2ccccc21. The van der Waals surface area contributed by atoms with Crippen molar-refractivity contribution in [1.82, 2.24) is 4.90 Å². The molecule has 104 valence electrons. The number of carbonyl (C=O) groups is 1. The van der Waals surface area contributed by atoms with E-state index >= 15 is 0 Å². The average Bonchev–Trinajstić information content (AvgIpc) is 2.81. The molecule has 0 fully saturated rings. The van der Waals surface area contributed by atoms with Crippen LogP contribution < -0.4 is 5.73 Å². The molecule has 0 aromatic heterocycles. The fourth-order valence-corrected chi connectivity index (χ4v) is 2.86. The highest BCUT2D eigenvalue weighted by molar-refractivity contribution is 5.76. The first-order valence-electron chi connectivity index (χ1n) is 7.18. The van der Waals surface area contributed by atoms with Crippen LogP contribution in [-0.2, 0) is 11.2 Å². The van der Waals surface area contributed by atoms with E-state index in [4.69, 9.17) is 5.73 Å². The van der Waals surface area contributed by atoms with Crippen molar-refractivity contribution in [1.29, 1.82) is 0 Å². The second-order valence-electron chi connectivity index (χ2n) is 5.63. The lowest BCUT2D eigenvalue weighted by molar-refractivity contribution is -0.132. The third-order valence-electron chi connectivity index (χ3n) is 4.01. The zero-order valence-corrected chi connectivity index (χ0v) is 11.9. The number of amides is 1. The number of carbonyl (C=O) groups excluding carboxylic acids is 1. The second kappa shape index (κ2) is 6.20. The van der Waals surface area contributed by atoms with Gasteiger partial charge in [0.25, 0.3) is 0 Å². The van der Waals surface area contributed by atoms with E-state index in [9.17, 15) is 4.79 Å². The number of nitrogens with two attached hydrogens (primary N) is 1. The van der Waals surface area contributed by atoms with Crippen molar-refractivity contribution in [2.24, 2.45) is 5.73 Å². The normalized spacial score (nSPS) is 19.0. The molecule has 1 aromatic carbocycles. The molecule has 0 bridgehead atoms. The van der Waals surface area contributed by atoms with Gasteiger partial charge in [-0.2, -0.15) is 0 Å². The Kier molecular flexibility index (Phi) is 4.59. The first kappa shape index (κ1) is 14.1. The zero-order valence-electron chi connectivity index (χ0n) is 11.9. The van der Waals surface area contributed by atoms with Crippen LogP contribution in [-0.4, -0.2) is 23.9 Å². The number of rotatable bonds is 5. The maximum Gasteiger partial charge on any atom is 0.222 e. The molecule has 1 aliphatic rings. The van der Waals surface area contributed by atoms with Gasteiger partial charge in [0.1, 0.15) is 0 Å². The van der Waals surface area contributed by atoms with Gasteiger partial charge in [0.05, 0.1) is 6.04 Å². The molecule has 0 spiro atoms. The van der Waals surface area contributed by atoms with Crippen molar-refractivity contribution in [2.75, 3.05) is 7.05 Å². The number of aryl methyl sites for hydroxylation is 1. The van der Waals surface area contributed by atoms with E-state index in [2.05, 4.69) is 24.3 Å². The van der Waals surface area contributed by atoms with E-state index in [1.54, 1.807) is 0 Å². The lowest BCUT2D eigenvalue weighted by atomic mass is 10.1. The van der Waals surface area contributed by atoms with Crippen LogP contribution in [0.15, 0.2) is 24.3 Å². The van der Waals surface area contributed by atoms with Gasteiger partial charge in [-0.3, -0.25) is 4.79 Å². The van der Waals surface area contributed by atoms with Gasteiger partial charge in [-0.25, -0.2) is 0 Å². The molecule has 1 aliphatic carbocycles. The van der Waals surface area contributed by atoms with Crippen LogP contribution in [0.5, 0.6) is 0 Å². The van der Waals surface area contributed by atoms with Crippen LogP contribution in [0.1, 0.15) is 49.8 Å². The second-order valence-corrected chi connectivity index (χ2v) is 5.63. The Labute approximate surface area is 115 Å². The van der Waals surface area contributed by atoms with Crippen LogP contribution in [0.3, 0.4) is 0 Å². The van der Waals surface area contributed by atoms with Gasteiger partial charge < -0.3 is 10.6 Å². The van der Waals surface area contributed by atoms with Crippen LogP contribution >= 0.6 is 0 Å². The summed E-state index contributed by atoms with van der Waals surface area (Å²) in [6.45, 7) is 1.99. The highest BCUT2D eigenvalue weighted by Gasteiger charge is 2.27. The van der Waals surface area contributed by atoms with Crippen LogP contribution in [0.25, 0.3) is 0 Å². The third-order valence-corrected chi connectivity index (χ3v) is 4.01. The Morgan fingerprint density at radius 3 is 2.95 bits per heavy atom. The first-order chi connectivity index (χ1) is 9.09. The molecule has 1 amide bonds. The van der Waals surface area contributed by atoms with E-state index in [0.29, 0.717) is 6.42 Å². The summed E-state index contributed by atoms with van der Waals surface area (Å²) in [6.07, 6.45) is 4.54. The molecule has 19 heavy (non-hydrogen) atoms. The number of hydrogen-bond acceptors (Lipinski definition) is 2. The average molecular weight is 260 g/mol. The fourth-order valence-electron chi connectivity index (χ4n) is 2.86. The van der Waals surface area contributed by atoms with E-state index in [-0.39, 0.29) is 18.0 Å². The molecule has 2 atom stereocenters. The highest BCUT2D eigenvalue weighted by atomic mass is 16.2. The van der Waals surface area contributed by atoms with Crippen molar-refractivity contribution >= 4 is 5.91 Å². The molecular formula is C16H24N2O. The van der Waals surface area contributed by atoms with Gasteiger partial charge in [-0.05, 0) is 43.7 Å². The summed E-state index contributed by atoms with van der Waals surface area (Å²) in [5.74, 6) is 0.238. The van der Waals surface area contributed by atoms with Gasteiger partial charge in [0.15, 0.2) is 0 Å². The maximum absolute atomic E-state index is 12.2. The molecule has 0 saturated heterocycles. The number of nitrogens with zero attached hydrogens (tertiary/aromatic N) is 1. The monoisotopic (exact) mass is 260 g/mol. The Hall–Kier alpha value is -1.35. The molecular weight excluding hydrogens is 236 g/mol. The summed E-state index contributed by atoms with van der Waals surface area (Å²) in [6, 6.07) is 8.91. The first-order valence-corrected chi connectivity index (χ1v) is 7.18. The highest BCUT2D eigenvalue weighted by Crippen LogP contribution is 2.35. The van der Waals surface area contributed by atoms with Gasteiger partial charge in [-0.1, -0.05) is 24.3 Å². The quantitative estimate of drug-likeness (QED) is 0.884. The standard InChI is InChI=1S/C16H24N2O/c1-12(17)6-5-9-16(19)18(2)15-11-10-13-7-3-4-8-14(13)15/h3-4,7-8,12,15H,5-6,9-11,17H2,1-2H3. The number of hydrogen-bond donors (Lipinski definition) is 1. The van der Waals surface area contributed by atoms with Crippen molar-refractivity contribution in [3.05, 3.63) is 35.4 Å². The lowest BCUT2D eigenvalue weighted by Crippen LogP contribution is -2.30. The predicted molar refractivity (Wildman–Crippen MR) is 77.8 cm³/mol. The van der Waals surface area contributed by atoms with Crippen LogP contribution in [0, 0.1) is 0 Å². The summed E-state index contributed by atoms with van der Waals surface area (Å²) in [7, 11) is 1.93. The van der Waals surface area contributed by atoms with E-state index in [1.807, 2.05) is 18.9 Å². The summed E-state index contributed by atoms with van der Waals surface area (Å²) >= 11 is 0. The fraction of sp³-hybridized carbons (Fsp3) is 0.562. The van der Waals surface area contributed by atoms with Gasteiger partial charge in [0.2, 0.25) is 5.91 Å². The molecule has 3 nitrogen and oxygen atoms in total. The van der Waals surface area contributed by atoms with Crippen molar-refractivity contribution in [3.8, 4) is 0 Å². The smallest absolute Gasteiger partial charge is 0.222 e. The topological polar surface area (TPSA) is 46.3 Å². The molecule has 0 radical (unpaired) electrons. The molecule has 2 unspecified atom stereocenters. The summed E-state index contributed by atoms with van der Waals surface area (Å²) in [4.78, 5) is 14.1. The zero-order chi connectivity index (χ0) is 13.8. The van der Waals surface area contributed by atoms with Crippen LogP contribution in [0.2, 0.25) is 0 Å². The molecule has 2 N–H and O–H groups in total. The predicted octanol–water partition coefficient (Wildman–Crippen LogP) is 2.65. The van der Waals surface area contributed by atoms with E-state index < -0.39 is 0 Å². The Morgan fingerprint density at radius 2 is 2.21 bits per heavy atom. The molecule has 0 saturated carbocycles. The van der Waals surface area contributed by atoms with E-state index in [0.717, 1.165) is 25.7 Å². The Morgan fingerprint density at radius 1 is 1.47 bits per heavy atom. The summed E-state index contributed by atoms with van der Waals surface area (Å²) in [5, 5.41) is 0. The third kappa shape index (κ3) is 3.35. The largest absolute Gasteiger partial charge is 0.339 e. The van der Waals surface area contributed by atoms with Crippen molar-refractivity contribution < 1.29 is 4.79 Å². The molecule has 1 aromatic rings. The molecule has 3 heteroatoms. The maximum atomic E-state index is 12.2. The molecule has 2 rings (SSSR count). The minimum Gasteiger partial charge on any atom is -0.339 e. The minimum atomic E-state index is 0.185. The summed E-state index contributed by atoms with van der Waals surface area (Å²) < 4.78 is 0. The Bertz CT molecular complexity index is 442. The Balaban J connectivity index is 1.94. The van der Waals surface area contributed by atoms with Gasteiger partial charge in [-0.15, -0.1) is 0 Å².